The minimum absolute atomic E-state index is 0.138. The zero-order valence-electron chi connectivity index (χ0n) is 32.7. The maximum absolute atomic E-state index is 15.2. The quantitative estimate of drug-likeness (QED) is 0.0560. The van der Waals surface area contributed by atoms with Gasteiger partial charge in [-0.2, -0.15) is 8.78 Å². The van der Waals surface area contributed by atoms with E-state index in [4.69, 9.17) is 18.9 Å². The minimum atomic E-state index is -2.04. The molecule has 0 N–H and O–H groups in total. The van der Waals surface area contributed by atoms with Gasteiger partial charge in [0.05, 0.1) is 7.11 Å². The number of hydrogen-bond acceptors (Lipinski definition) is 6. The first kappa shape index (κ1) is 42.9. The Balaban J connectivity index is 1.13. The molecule has 60 heavy (non-hydrogen) atoms. The summed E-state index contributed by atoms with van der Waals surface area (Å²) >= 11 is 0. The molecule has 0 unspecified atom stereocenters. The van der Waals surface area contributed by atoms with Gasteiger partial charge in [-0.3, -0.25) is 0 Å². The Kier molecular flexibility index (Phi) is 11.8. The van der Waals surface area contributed by atoms with E-state index in [1.807, 2.05) is 26.0 Å². The lowest BCUT2D eigenvalue weighted by Crippen LogP contribution is -2.20. The second-order valence-electron chi connectivity index (χ2n) is 14.6. The Morgan fingerprint density at radius 1 is 0.417 bits per heavy atom. The predicted molar refractivity (Wildman–Crippen MR) is 204 cm³/mol. The van der Waals surface area contributed by atoms with Crippen LogP contribution in [0.15, 0.2) is 97.1 Å². The fraction of sp³-hybridized carbons (Fsp3) is 0.174. The van der Waals surface area contributed by atoms with Crippen molar-refractivity contribution in [1.29, 1.82) is 0 Å². The molecule has 0 aromatic heterocycles. The van der Waals surface area contributed by atoms with Crippen molar-refractivity contribution in [2.75, 3.05) is 7.11 Å². The molecule has 0 aliphatic rings. The molecule has 0 saturated heterocycles. The maximum atomic E-state index is 15.2. The van der Waals surface area contributed by atoms with E-state index >= 15 is 17.6 Å². The Morgan fingerprint density at radius 3 is 1.02 bits per heavy atom. The highest BCUT2D eigenvalue weighted by atomic mass is 19.2. The zero-order chi connectivity index (χ0) is 43.8. The molecule has 0 aliphatic heterocycles. The van der Waals surface area contributed by atoms with E-state index in [0.717, 1.165) is 18.1 Å². The average molecular weight is 835 g/mol. The number of benzene rings is 6. The molecular weight excluding hydrogens is 800 g/mol. The van der Waals surface area contributed by atoms with Gasteiger partial charge in [-0.1, -0.05) is 76.2 Å². The van der Waals surface area contributed by atoms with Gasteiger partial charge >= 0.3 is 11.9 Å². The van der Waals surface area contributed by atoms with E-state index in [1.54, 1.807) is 45.2 Å². The van der Waals surface area contributed by atoms with Gasteiger partial charge in [0.1, 0.15) is 34.1 Å². The molecule has 0 heterocycles. The monoisotopic (exact) mass is 834 g/mol. The van der Waals surface area contributed by atoms with Gasteiger partial charge in [0.2, 0.25) is 17.4 Å². The number of halogens is 8. The van der Waals surface area contributed by atoms with Crippen LogP contribution < -0.4 is 18.9 Å². The van der Waals surface area contributed by atoms with Gasteiger partial charge in [-0.15, -0.1) is 0 Å². The van der Waals surface area contributed by atoms with Gasteiger partial charge in [-0.25, -0.2) is 35.9 Å². The topological polar surface area (TPSA) is 71.1 Å². The molecule has 0 saturated carbocycles. The second kappa shape index (κ2) is 16.5. The normalized spacial score (nSPS) is 11.6. The van der Waals surface area contributed by atoms with Crippen LogP contribution in [0.2, 0.25) is 0 Å². The summed E-state index contributed by atoms with van der Waals surface area (Å²) in [5, 5.41) is 0. The van der Waals surface area contributed by atoms with Crippen molar-refractivity contribution in [3.8, 4) is 28.7 Å². The van der Waals surface area contributed by atoms with Gasteiger partial charge in [0.25, 0.3) is 0 Å². The molecule has 0 aliphatic carbocycles. The zero-order valence-corrected chi connectivity index (χ0v) is 32.7. The van der Waals surface area contributed by atoms with E-state index in [2.05, 4.69) is 0 Å². The summed E-state index contributed by atoms with van der Waals surface area (Å²) in [5.74, 6) is -19.9. The number of carbonyl (C=O) groups is 2. The van der Waals surface area contributed by atoms with Crippen LogP contribution in [0.1, 0.15) is 76.2 Å². The van der Waals surface area contributed by atoms with Crippen LogP contribution in [0.3, 0.4) is 0 Å². The van der Waals surface area contributed by atoms with Crippen molar-refractivity contribution in [3.63, 3.8) is 0 Å². The van der Waals surface area contributed by atoms with Crippen molar-refractivity contribution in [1.82, 2.24) is 0 Å². The van der Waals surface area contributed by atoms with Crippen LogP contribution in [0, 0.1) is 53.5 Å². The highest BCUT2D eigenvalue weighted by Crippen LogP contribution is 2.38. The molecule has 0 amide bonds. The summed E-state index contributed by atoms with van der Waals surface area (Å²) < 4.78 is 138. The lowest BCUT2D eigenvalue weighted by molar-refractivity contribution is 0.0711. The predicted octanol–water partition coefficient (Wildman–Crippen LogP) is 12.0. The summed E-state index contributed by atoms with van der Waals surface area (Å²) in [5.41, 5.74) is -2.50. The molecule has 0 radical (unpaired) electrons. The lowest BCUT2D eigenvalue weighted by Gasteiger charge is -2.26. The van der Waals surface area contributed by atoms with Crippen molar-refractivity contribution in [2.24, 2.45) is 0 Å². The largest absolute Gasteiger partial charge is 0.497 e. The fourth-order valence-electron chi connectivity index (χ4n) is 6.39. The molecular formula is C46H34F8O6. The summed E-state index contributed by atoms with van der Waals surface area (Å²) in [4.78, 5) is 25.4. The van der Waals surface area contributed by atoms with E-state index in [9.17, 15) is 27.2 Å². The SMILES string of the molecule is COc1ccc(C(C)(C)c2ccc(Oc3c(F)c(F)c(C(=O)Oc4ccc(C(C)(C)c5ccc(OC(=O)c6c(F)c(F)c(C)c(F)c6F)cc5)cc4)c(F)c3F)cc2)cc1. The molecule has 0 fully saturated rings. The Morgan fingerprint density at radius 2 is 0.700 bits per heavy atom. The highest BCUT2D eigenvalue weighted by Gasteiger charge is 2.33. The molecule has 6 rings (SSSR count). The molecule has 0 bridgehead atoms. The van der Waals surface area contributed by atoms with E-state index in [1.165, 1.54) is 60.7 Å². The average Bonchev–Trinajstić information content (AvgIpc) is 3.23. The van der Waals surface area contributed by atoms with Gasteiger partial charge in [0.15, 0.2) is 34.9 Å². The van der Waals surface area contributed by atoms with Gasteiger partial charge in [-0.05, 0) is 77.7 Å². The molecule has 6 nitrogen and oxygen atoms in total. The van der Waals surface area contributed by atoms with Crippen molar-refractivity contribution >= 4 is 11.9 Å². The number of hydrogen-bond donors (Lipinski definition) is 0. The van der Waals surface area contributed by atoms with E-state index < -0.39 is 91.7 Å². The standard InChI is InChI=1S/C46H34F8O6/c1-23-34(47)36(49)32(37(50)35(23)48)43(55)59-30-19-11-26(12-20-30)46(4,5)27-13-21-31(22-14-27)60-44(56)33-38(51)40(53)42(41(54)39(33)52)58-29-17-9-25(10-18-29)45(2,3)24-7-15-28(57-6)16-8-24/h7-22H,1-6H3. The third-order valence-corrected chi connectivity index (χ3v) is 10.3. The first-order valence-corrected chi connectivity index (χ1v) is 18.0. The summed E-state index contributed by atoms with van der Waals surface area (Å²) in [6, 6.07) is 24.5. The minimum Gasteiger partial charge on any atom is -0.497 e. The van der Waals surface area contributed by atoms with E-state index in [-0.39, 0.29) is 17.2 Å². The first-order valence-electron chi connectivity index (χ1n) is 18.0. The molecule has 310 valence electrons. The maximum Gasteiger partial charge on any atom is 0.349 e. The van der Waals surface area contributed by atoms with Crippen LogP contribution in [0.4, 0.5) is 35.1 Å². The van der Waals surface area contributed by atoms with Crippen LogP contribution in [-0.2, 0) is 10.8 Å². The third-order valence-electron chi connectivity index (χ3n) is 10.3. The molecule has 6 aromatic rings. The highest BCUT2D eigenvalue weighted by molar-refractivity contribution is 5.92. The third kappa shape index (κ3) is 8.01. The summed E-state index contributed by atoms with van der Waals surface area (Å²) in [7, 11) is 1.55. The van der Waals surface area contributed by atoms with Gasteiger partial charge in [0, 0.05) is 16.4 Å². The molecule has 14 heteroatoms. The number of carbonyl (C=O) groups excluding carboxylic acids is 2. The van der Waals surface area contributed by atoms with Crippen molar-refractivity contribution < 1.29 is 63.7 Å². The van der Waals surface area contributed by atoms with Gasteiger partial charge < -0.3 is 18.9 Å². The number of esters is 2. The second-order valence-corrected chi connectivity index (χ2v) is 14.6. The molecule has 0 spiro atoms. The summed E-state index contributed by atoms with van der Waals surface area (Å²) in [6.07, 6.45) is 0. The lowest BCUT2D eigenvalue weighted by atomic mass is 9.78. The van der Waals surface area contributed by atoms with Crippen LogP contribution in [0.5, 0.6) is 28.7 Å². The van der Waals surface area contributed by atoms with E-state index in [0.29, 0.717) is 16.9 Å². The molecule has 0 atom stereocenters. The number of ether oxygens (including phenoxy) is 4. The number of rotatable bonds is 11. The first-order chi connectivity index (χ1) is 28.3. The van der Waals surface area contributed by atoms with Crippen LogP contribution >= 0.6 is 0 Å². The van der Waals surface area contributed by atoms with Crippen molar-refractivity contribution in [2.45, 2.75) is 45.4 Å². The molecule has 6 aromatic carbocycles. The summed E-state index contributed by atoms with van der Waals surface area (Å²) in [6.45, 7) is 8.26. The van der Waals surface area contributed by atoms with Crippen LogP contribution in [-0.4, -0.2) is 19.0 Å². The Bertz CT molecular complexity index is 2550. The smallest absolute Gasteiger partial charge is 0.349 e. The fourth-order valence-corrected chi connectivity index (χ4v) is 6.39. The van der Waals surface area contributed by atoms with Crippen LogP contribution in [0.25, 0.3) is 0 Å². The Hall–Kier alpha value is -6.70. The Labute approximate surface area is 338 Å². The van der Waals surface area contributed by atoms with Crippen molar-refractivity contribution in [3.05, 3.63) is 183 Å². The number of methoxy groups -OCH3 is 1.